The lowest BCUT2D eigenvalue weighted by atomic mass is 10.00. The summed E-state index contributed by atoms with van der Waals surface area (Å²) < 4.78 is 7.03. The molecule has 0 unspecified atom stereocenters. The van der Waals surface area contributed by atoms with E-state index >= 15 is 0 Å². The minimum Gasteiger partial charge on any atom is -0.478 e. The Kier molecular flexibility index (Phi) is 6.34. The third-order valence-electron chi connectivity index (χ3n) is 5.09. The van der Waals surface area contributed by atoms with Crippen LogP contribution in [0.4, 0.5) is 0 Å². The molecule has 0 bridgehead atoms. The maximum absolute atomic E-state index is 13.8. The van der Waals surface area contributed by atoms with Crippen LogP contribution in [0.1, 0.15) is 41.4 Å². The first-order valence-electron chi connectivity index (χ1n) is 9.89. The van der Waals surface area contributed by atoms with Crippen molar-refractivity contribution in [1.82, 2.24) is 9.72 Å². The fourth-order valence-corrected chi connectivity index (χ4v) is 4.63. The highest BCUT2D eigenvalue weighted by atomic mass is 35.5. The Morgan fingerprint density at radius 1 is 1.12 bits per heavy atom. The number of halogens is 3. The minimum atomic E-state index is -1.06. The monoisotopic (exact) mass is 502 g/mol. The Morgan fingerprint density at radius 3 is 2.45 bits per heavy atom. The Bertz CT molecular complexity index is 1410. The van der Waals surface area contributed by atoms with Crippen LogP contribution in [0.15, 0.2) is 53.2 Å². The van der Waals surface area contributed by atoms with Crippen molar-refractivity contribution in [3.8, 4) is 11.3 Å². The smallest absolute Gasteiger partial charge is 0.328 e. The molecule has 1 N–H and O–H groups in total. The molecule has 9 heteroatoms. The molecule has 0 aliphatic carbocycles. The Labute approximate surface area is 204 Å². The van der Waals surface area contributed by atoms with Gasteiger partial charge in [0.2, 0.25) is 0 Å². The first-order valence-corrected chi connectivity index (χ1v) is 11.0. The number of hydrogen-bond donors (Lipinski definition) is 1. The van der Waals surface area contributed by atoms with Gasteiger partial charge in [-0.25, -0.2) is 4.79 Å². The van der Waals surface area contributed by atoms with Gasteiger partial charge in [0.05, 0.1) is 15.6 Å². The fourth-order valence-electron chi connectivity index (χ4n) is 3.64. The molecule has 0 radical (unpaired) electrons. The van der Waals surface area contributed by atoms with Crippen LogP contribution in [0.5, 0.6) is 0 Å². The van der Waals surface area contributed by atoms with Crippen LogP contribution in [0.2, 0.25) is 15.1 Å². The van der Waals surface area contributed by atoms with Crippen molar-refractivity contribution in [3.05, 3.63) is 80.6 Å². The molecule has 0 saturated heterocycles. The van der Waals surface area contributed by atoms with Gasteiger partial charge in [-0.1, -0.05) is 65.9 Å². The molecule has 6 nitrogen and oxygen atoms in total. The predicted molar refractivity (Wildman–Crippen MR) is 129 cm³/mol. The molecule has 0 fully saturated rings. The van der Waals surface area contributed by atoms with E-state index in [1.165, 1.54) is 22.8 Å². The summed E-state index contributed by atoms with van der Waals surface area (Å²) in [6.07, 6.45) is 4.15. The predicted octanol–water partition coefficient (Wildman–Crippen LogP) is 7.17. The average Bonchev–Trinajstić information content (AvgIpc) is 3.36. The summed E-state index contributed by atoms with van der Waals surface area (Å²) in [6.45, 7) is 3.77. The molecule has 4 rings (SSSR count). The lowest BCUT2D eigenvalue weighted by molar-refractivity contribution is -0.131. The number of carbonyl (C=O) groups excluding carboxylic acids is 1. The topological polar surface area (TPSA) is 85.3 Å². The van der Waals surface area contributed by atoms with E-state index in [-0.39, 0.29) is 33.1 Å². The summed E-state index contributed by atoms with van der Waals surface area (Å²) in [4.78, 5) is 24.7. The van der Waals surface area contributed by atoms with Gasteiger partial charge in [-0.3, -0.25) is 9.36 Å². The van der Waals surface area contributed by atoms with Gasteiger partial charge in [0.1, 0.15) is 11.3 Å². The van der Waals surface area contributed by atoms with Gasteiger partial charge in [0.25, 0.3) is 5.91 Å². The third kappa shape index (κ3) is 4.29. The summed E-state index contributed by atoms with van der Waals surface area (Å²) in [5.74, 6) is -1.20. The zero-order chi connectivity index (χ0) is 23.9. The van der Waals surface area contributed by atoms with Crippen molar-refractivity contribution >= 4 is 63.7 Å². The molecule has 2 aromatic carbocycles. The lowest BCUT2D eigenvalue weighted by Gasteiger charge is -2.10. The summed E-state index contributed by atoms with van der Waals surface area (Å²) in [7, 11) is 0. The van der Waals surface area contributed by atoms with Crippen molar-refractivity contribution in [2.45, 2.75) is 19.8 Å². The molecule has 168 valence electrons. The van der Waals surface area contributed by atoms with E-state index in [1.807, 2.05) is 13.8 Å². The van der Waals surface area contributed by atoms with Crippen LogP contribution >= 0.6 is 34.8 Å². The Hall–Kier alpha value is -3.06. The van der Waals surface area contributed by atoms with Crippen LogP contribution in [0.25, 0.3) is 28.2 Å². The summed E-state index contributed by atoms with van der Waals surface area (Å²) >= 11 is 18.9. The zero-order valence-electron chi connectivity index (χ0n) is 17.5. The second-order valence-corrected chi connectivity index (χ2v) is 8.86. The second-order valence-electron chi connectivity index (χ2n) is 7.61. The molecule has 0 aliphatic heterocycles. The number of hydrogen-bond acceptors (Lipinski definition) is 4. The van der Waals surface area contributed by atoms with Gasteiger partial charge >= 0.3 is 5.97 Å². The summed E-state index contributed by atoms with van der Waals surface area (Å²) in [5, 5.41) is 14.6. The van der Waals surface area contributed by atoms with Crippen LogP contribution in [-0.4, -0.2) is 26.7 Å². The maximum atomic E-state index is 13.8. The standard InChI is InChI=1S/C24H17Cl3N2O4/c1-12(2)23-21(22(28-33-23)20-16(26)10-14(25)11-17(20)27)24(32)29-9-8-15-13(6-7-19(30)31)4-3-5-18(15)29/h3-12H,1-2H3,(H,30,31)/b7-6+. The van der Waals surface area contributed by atoms with E-state index in [1.54, 1.807) is 30.5 Å². The van der Waals surface area contributed by atoms with Gasteiger partial charge in [-0.2, -0.15) is 0 Å². The van der Waals surface area contributed by atoms with Gasteiger partial charge in [0, 0.05) is 34.2 Å². The summed E-state index contributed by atoms with van der Waals surface area (Å²) in [6, 6.07) is 10.1. The van der Waals surface area contributed by atoms with Crippen LogP contribution < -0.4 is 0 Å². The average molecular weight is 504 g/mol. The van der Waals surface area contributed by atoms with Crippen molar-refractivity contribution in [1.29, 1.82) is 0 Å². The number of carboxylic acid groups (broad SMARTS) is 1. The highest BCUT2D eigenvalue weighted by molar-refractivity contribution is 6.42. The third-order valence-corrected chi connectivity index (χ3v) is 5.91. The van der Waals surface area contributed by atoms with E-state index in [0.29, 0.717) is 27.4 Å². The van der Waals surface area contributed by atoms with Crippen LogP contribution in [-0.2, 0) is 4.79 Å². The highest BCUT2D eigenvalue weighted by Gasteiger charge is 2.30. The van der Waals surface area contributed by atoms with Crippen molar-refractivity contribution < 1.29 is 19.2 Å². The molecule has 4 aromatic rings. The van der Waals surface area contributed by atoms with Gasteiger partial charge in [-0.15, -0.1) is 0 Å². The van der Waals surface area contributed by atoms with E-state index in [2.05, 4.69) is 5.16 Å². The number of carboxylic acids is 1. The Morgan fingerprint density at radius 2 is 1.82 bits per heavy atom. The van der Waals surface area contributed by atoms with E-state index in [9.17, 15) is 9.59 Å². The lowest BCUT2D eigenvalue weighted by Crippen LogP contribution is -2.14. The fraction of sp³-hybridized carbons (Fsp3) is 0.125. The van der Waals surface area contributed by atoms with E-state index < -0.39 is 5.97 Å². The number of aliphatic carboxylic acids is 1. The second kappa shape index (κ2) is 9.06. The normalized spacial score (nSPS) is 11.7. The van der Waals surface area contributed by atoms with Crippen molar-refractivity contribution in [2.24, 2.45) is 0 Å². The zero-order valence-corrected chi connectivity index (χ0v) is 19.7. The summed E-state index contributed by atoms with van der Waals surface area (Å²) in [5.41, 5.74) is 2.07. The molecule has 2 aromatic heterocycles. The molecular formula is C24H17Cl3N2O4. The molecule has 0 atom stereocenters. The van der Waals surface area contributed by atoms with Crippen molar-refractivity contribution in [2.75, 3.05) is 0 Å². The molecule has 2 heterocycles. The van der Waals surface area contributed by atoms with E-state index in [4.69, 9.17) is 44.4 Å². The maximum Gasteiger partial charge on any atom is 0.328 e. The number of benzene rings is 2. The molecule has 0 spiro atoms. The number of carbonyl (C=O) groups is 2. The number of aromatic nitrogens is 2. The number of fused-ring (bicyclic) bond motifs is 1. The van der Waals surface area contributed by atoms with Crippen LogP contribution in [0, 0.1) is 0 Å². The SMILES string of the molecule is CC(C)c1onc(-c2c(Cl)cc(Cl)cc2Cl)c1C(=O)n1ccc2c(/C=C/C(=O)O)cccc21. The van der Waals surface area contributed by atoms with Crippen LogP contribution in [0.3, 0.4) is 0 Å². The van der Waals surface area contributed by atoms with Gasteiger partial charge in [0.15, 0.2) is 5.76 Å². The first-order chi connectivity index (χ1) is 15.7. The Balaban J connectivity index is 1.91. The van der Waals surface area contributed by atoms with Gasteiger partial charge < -0.3 is 9.63 Å². The number of rotatable bonds is 5. The van der Waals surface area contributed by atoms with E-state index in [0.717, 1.165) is 11.5 Å². The molecule has 0 amide bonds. The quantitative estimate of drug-likeness (QED) is 0.292. The van der Waals surface area contributed by atoms with Crippen molar-refractivity contribution in [3.63, 3.8) is 0 Å². The molecule has 0 aliphatic rings. The first kappa shape index (κ1) is 23.1. The molecule has 0 saturated carbocycles. The van der Waals surface area contributed by atoms with Gasteiger partial charge in [-0.05, 0) is 35.9 Å². The minimum absolute atomic E-state index is 0.147. The molecule has 33 heavy (non-hydrogen) atoms. The molecular weight excluding hydrogens is 487 g/mol. The highest BCUT2D eigenvalue weighted by Crippen LogP contribution is 2.40. The largest absolute Gasteiger partial charge is 0.478 e. The number of nitrogens with zero attached hydrogens (tertiary/aromatic N) is 2.